The average Bonchev–Trinajstić information content (AvgIpc) is 2.71. The van der Waals surface area contributed by atoms with Crippen molar-refractivity contribution in [3.05, 3.63) is 41.6 Å². The number of benzene rings is 1. The van der Waals surface area contributed by atoms with E-state index in [4.69, 9.17) is 26.1 Å². The first-order chi connectivity index (χ1) is 7.18. The topological polar surface area (TPSA) is 53.6 Å². The average molecular weight is 222 g/mol. The van der Waals surface area contributed by atoms with Crippen molar-refractivity contribution in [1.82, 2.24) is 0 Å². The van der Waals surface area contributed by atoms with Gasteiger partial charge < -0.3 is 14.5 Å². The van der Waals surface area contributed by atoms with E-state index in [1.807, 2.05) is 0 Å². The smallest absolute Gasteiger partial charge is 0.464 e. The molecule has 0 atom stereocenters. The second kappa shape index (κ2) is 4.10. The summed E-state index contributed by atoms with van der Waals surface area (Å²) in [5.41, 5.74) is 1.03. The first-order valence-electron chi connectivity index (χ1n) is 4.38. The summed E-state index contributed by atoms with van der Waals surface area (Å²) in [6.07, 6.45) is 1.54. The minimum absolute atomic E-state index is 0.380. The molecule has 1 heterocycles. The lowest BCUT2D eigenvalue weighted by Gasteiger charge is -2.04. The highest BCUT2D eigenvalue weighted by atomic mass is 35.5. The molecule has 3 nitrogen and oxygen atoms in total. The van der Waals surface area contributed by atoms with E-state index in [0.29, 0.717) is 21.8 Å². The van der Waals surface area contributed by atoms with Crippen LogP contribution in [-0.4, -0.2) is 17.2 Å². The Labute approximate surface area is 92.1 Å². The van der Waals surface area contributed by atoms with Crippen LogP contribution in [0.2, 0.25) is 5.02 Å². The molecule has 1 aromatic heterocycles. The summed E-state index contributed by atoms with van der Waals surface area (Å²) >= 11 is 5.97. The normalized spacial score (nSPS) is 10.3. The van der Waals surface area contributed by atoms with E-state index in [9.17, 15) is 0 Å². The van der Waals surface area contributed by atoms with Crippen LogP contribution in [0.1, 0.15) is 0 Å². The van der Waals surface area contributed by atoms with Gasteiger partial charge >= 0.3 is 7.12 Å². The molecule has 0 saturated heterocycles. The maximum Gasteiger partial charge on any atom is 0.488 e. The zero-order valence-corrected chi connectivity index (χ0v) is 8.48. The van der Waals surface area contributed by atoms with Crippen LogP contribution in [0.15, 0.2) is 41.0 Å². The summed E-state index contributed by atoms with van der Waals surface area (Å²) < 4.78 is 5.19. The van der Waals surface area contributed by atoms with Gasteiger partial charge in [-0.1, -0.05) is 17.7 Å². The second-order valence-corrected chi connectivity index (χ2v) is 3.50. The molecule has 0 radical (unpaired) electrons. The molecular formula is C10H8BClO3. The van der Waals surface area contributed by atoms with Crippen LogP contribution >= 0.6 is 11.6 Å². The van der Waals surface area contributed by atoms with Crippen LogP contribution in [0.4, 0.5) is 0 Å². The Balaban J connectivity index is 2.51. The summed E-state index contributed by atoms with van der Waals surface area (Å²) in [6.45, 7) is 0. The fraction of sp³-hybridized carbons (Fsp3) is 0. The first kappa shape index (κ1) is 10.3. The monoisotopic (exact) mass is 222 g/mol. The Morgan fingerprint density at radius 3 is 2.60 bits per heavy atom. The number of hydrogen-bond donors (Lipinski definition) is 2. The van der Waals surface area contributed by atoms with Crippen LogP contribution in [0, 0.1) is 0 Å². The van der Waals surface area contributed by atoms with Gasteiger partial charge in [0.05, 0.1) is 11.3 Å². The molecule has 0 bridgehead atoms. The molecular weight excluding hydrogens is 214 g/mol. The standard InChI is InChI=1S/C10H8BClO3/c12-9-4-3-7(11(13)14)6-8(9)10-2-1-5-15-10/h1-6,13-14H. The van der Waals surface area contributed by atoms with Crippen LogP contribution in [0.5, 0.6) is 0 Å². The summed E-state index contributed by atoms with van der Waals surface area (Å²) in [5.74, 6) is 0.600. The van der Waals surface area contributed by atoms with Crippen LogP contribution in [0.3, 0.4) is 0 Å². The van der Waals surface area contributed by atoms with Gasteiger partial charge in [0.25, 0.3) is 0 Å². The molecule has 0 fully saturated rings. The molecule has 0 aliphatic carbocycles. The summed E-state index contributed by atoms with van der Waals surface area (Å²) in [5, 5.41) is 18.5. The maximum absolute atomic E-state index is 9.02. The largest absolute Gasteiger partial charge is 0.488 e. The molecule has 0 aliphatic heterocycles. The molecule has 2 aromatic rings. The quantitative estimate of drug-likeness (QED) is 0.753. The van der Waals surface area contributed by atoms with Crippen molar-refractivity contribution < 1.29 is 14.5 Å². The molecule has 76 valence electrons. The molecule has 0 amide bonds. The van der Waals surface area contributed by atoms with E-state index in [0.717, 1.165) is 0 Å². The summed E-state index contributed by atoms with van der Waals surface area (Å²) in [6, 6.07) is 8.25. The Hall–Kier alpha value is -1.23. The number of rotatable bonds is 2. The van der Waals surface area contributed by atoms with E-state index in [2.05, 4.69) is 0 Å². The zero-order chi connectivity index (χ0) is 10.8. The Morgan fingerprint density at radius 1 is 1.20 bits per heavy atom. The fourth-order valence-electron chi connectivity index (χ4n) is 1.32. The van der Waals surface area contributed by atoms with Crippen molar-refractivity contribution in [2.24, 2.45) is 0 Å². The Morgan fingerprint density at radius 2 is 2.00 bits per heavy atom. The molecule has 2 N–H and O–H groups in total. The maximum atomic E-state index is 9.02. The first-order valence-corrected chi connectivity index (χ1v) is 4.76. The molecule has 1 aromatic carbocycles. The van der Waals surface area contributed by atoms with Crippen molar-refractivity contribution in [3.63, 3.8) is 0 Å². The van der Waals surface area contributed by atoms with Crippen molar-refractivity contribution in [3.8, 4) is 11.3 Å². The fourth-order valence-corrected chi connectivity index (χ4v) is 1.53. The van der Waals surface area contributed by atoms with Gasteiger partial charge in [-0.15, -0.1) is 0 Å². The zero-order valence-electron chi connectivity index (χ0n) is 7.72. The highest BCUT2D eigenvalue weighted by molar-refractivity contribution is 6.58. The lowest BCUT2D eigenvalue weighted by atomic mass is 9.79. The molecule has 0 aliphatic rings. The van der Waals surface area contributed by atoms with Gasteiger partial charge in [-0.2, -0.15) is 0 Å². The van der Waals surface area contributed by atoms with Crippen molar-refractivity contribution in [2.75, 3.05) is 0 Å². The van der Waals surface area contributed by atoms with Gasteiger partial charge in [0.2, 0.25) is 0 Å². The van der Waals surface area contributed by atoms with Gasteiger partial charge in [-0.3, -0.25) is 0 Å². The molecule has 15 heavy (non-hydrogen) atoms. The predicted molar refractivity (Wildman–Crippen MR) is 59.0 cm³/mol. The lowest BCUT2D eigenvalue weighted by Crippen LogP contribution is -2.29. The molecule has 0 spiro atoms. The van der Waals surface area contributed by atoms with Gasteiger partial charge in [0, 0.05) is 5.56 Å². The van der Waals surface area contributed by atoms with E-state index in [1.54, 1.807) is 30.3 Å². The van der Waals surface area contributed by atoms with Gasteiger partial charge in [0.15, 0.2) is 0 Å². The Kier molecular flexibility index (Phi) is 2.82. The van der Waals surface area contributed by atoms with Crippen molar-refractivity contribution in [2.45, 2.75) is 0 Å². The van der Waals surface area contributed by atoms with Crippen LogP contribution < -0.4 is 5.46 Å². The van der Waals surface area contributed by atoms with Crippen molar-refractivity contribution >= 4 is 24.2 Å². The van der Waals surface area contributed by atoms with Crippen molar-refractivity contribution in [1.29, 1.82) is 0 Å². The molecule has 2 rings (SSSR count). The third-order valence-electron chi connectivity index (χ3n) is 2.08. The van der Waals surface area contributed by atoms with E-state index in [-0.39, 0.29) is 0 Å². The number of hydrogen-bond acceptors (Lipinski definition) is 3. The highest BCUT2D eigenvalue weighted by Crippen LogP contribution is 2.26. The third-order valence-corrected chi connectivity index (χ3v) is 2.40. The van der Waals surface area contributed by atoms with E-state index < -0.39 is 7.12 Å². The minimum Gasteiger partial charge on any atom is -0.464 e. The Bertz CT molecular complexity index is 454. The number of furan rings is 1. The summed E-state index contributed by atoms with van der Waals surface area (Å²) in [7, 11) is -1.50. The van der Waals surface area contributed by atoms with Gasteiger partial charge in [0.1, 0.15) is 5.76 Å². The molecule has 5 heteroatoms. The summed E-state index contributed by atoms with van der Waals surface area (Å²) in [4.78, 5) is 0. The predicted octanol–water partition coefficient (Wildman–Crippen LogP) is 1.28. The third kappa shape index (κ3) is 2.07. The highest BCUT2D eigenvalue weighted by Gasteiger charge is 2.14. The lowest BCUT2D eigenvalue weighted by molar-refractivity contribution is 0.426. The van der Waals surface area contributed by atoms with Gasteiger partial charge in [-0.05, 0) is 29.7 Å². The van der Waals surface area contributed by atoms with Crippen LogP contribution in [-0.2, 0) is 0 Å². The van der Waals surface area contributed by atoms with E-state index >= 15 is 0 Å². The SMILES string of the molecule is OB(O)c1ccc(Cl)c(-c2ccco2)c1. The molecule has 0 unspecified atom stereocenters. The molecule has 0 saturated carbocycles. The van der Waals surface area contributed by atoms with Crippen LogP contribution in [0.25, 0.3) is 11.3 Å². The van der Waals surface area contributed by atoms with Gasteiger partial charge in [-0.25, -0.2) is 0 Å². The van der Waals surface area contributed by atoms with E-state index in [1.165, 1.54) is 6.26 Å². The second-order valence-electron chi connectivity index (χ2n) is 3.09. The minimum atomic E-state index is -1.50. The number of halogens is 1.